The molecular weight excluding hydrogens is 360 g/mol. The van der Waals surface area contributed by atoms with Gasteiger partial charge in [-0.25, -0.2) is 0 Å². The molecule has 100 valence electrons. The third-order valence-electron chi connectivity index (χ3n) is 3.74. The van der Waals surface area contributed by atoms with Crippen LogP contribution in [0.1, 0.15) is 31.4 Å². The van der Waals surface area contributed by atoms with Crippen LogP contribution in [0, 0.1) is 0 Å². The van der Waals surface area contributed by atoms with E-state index in [0.717, 1.165) is 34.0 Å². The second kappa shape index (κ2) is 5.65. The summed E-state index contributed by atoms with van der Waals surface area (Å²) in [7, 11) is 0. The van der Waals surface area contributed by atoms with Gasteiger partial charge in [-0.1, -0.05) is 0 Å². The zero-order valence-electron chi connectivity index (χ0n) is 10.3. The van der Waals surface area contributed by atoms with E-state index in [0.29, 0.717) is 6.04 Å². The van der Waals surface area contributed by atoms with Gasteiger partial charge in [-0.15, -0.1) is 0 Å². The molecule has 3 nitrogen and oxygen atoms in total. The van der Waals surface area contributed by atoms with Crippen molar-refractivity contribution in [3.63, 3.8) is 0 Å². The minimum Gasteiger partial charge on any atom is -0.452 e. The van der Waals surface area contributed by atoms with E-state index in [1.165, 1.54) is 32.2 Å². The number of halogens is 2. The van der Waals surface area contributed by atoms with E-state index >= 15 is 0 Å². The lowest BCUT2D eigenvalue weighted by molar-refractivity contribution is 0.212. The molecule has 0 bridgehead atoms. The summed E-state index contributed by atoms with van der Waals surface area (Å²) in [5, 5.41) is 3.58. The Hall–Kier alpha value is 0.160. The third-order valence-corrected chi connectivity index (χ3v) is 5.45. The molecule has 1 saturated heterocycles. The molecule has 1 atom stereocenters. The van der Waals surface area contributed by atoms with Crippen molar-refractivity contribution in [1.82, 2.24) is 10.2 Å². The lowest BCUT2D eigenvalue weighted by Crippen LogP contribution is -2.38. The number of rotatable bonds is 5. The summed E-state index contributed by atoms with van der Waals surface area (Å²) in [6.45, 7) is 3.26. The van der Waals surface area contributed by atoms with Gasteiger partial charge >= 0.3 is 0 Å². The molecule has 1 aliphatic carbocycles. The molecule has 0 aromatic carbocycles. The summed E-state index contributed by atoms with van der Waals surface area (Å²) in [5.74, 6) is 1.04. The third kappa shape index (κ3) is 3.18. The fourth-order valence-corrected chi connectivity index (χ4v) is 3.31. The standard InChI is InChI=1S/C13H18Br2N2O/c14-12-6-11(18-13(12)15)8-17(10-3-4-10)7-9-2-1-5-16-9/h6,9-10,16H,1-5,7-8H2. The van der Waals surface area contributed by atoms with Gasteiger partial charge in [-0.05, 0) is 70.2 Å². The average molecular weight is 378 g/mol. The van der Waals surface area contributed by atoms with Gasteiger partial charge in [0.15, 0.2) is 4.67 Å². The Labute approximate surface area is 125 Å². The van der Waals surface area contributed by atoms with E-state index in [2.05, 4.69) is 48.1 Å². The SMILES string of the molecule is Brc1cc(CN(CC2CCCN2)C2CC2)oc1Br. The highest BCUT2D eigenvalue weighted by Crippen LogP contribution is 2.32. The van der Waals surface area contributed by atoms with Crippen LogP contribution in [0.3, 0.4) is 0 Å². The molecule has 1 saturated carbocycles. The summed E-state index contributed by atoms with van der Waals surface area (Å²) in [6.07, 6.45) is 5.32. The molecular formula is C13H18Br2N2O. The van der Waals surface area contributed by atoms with Gasteiger partial charge in [-0.3, -0.25) is 4.90 Å². The van der Waals surface area contributed by atoms with Crippen LogP contribution >= 0.6 is 31.9 Å². The van der Waals surface area contributed by atoms with Gasteiger partial charge in [0.05, 0.1) is 11.0 Å². The maximum atomic E-state index is 5.69. The normalized spacial score (nSPS) is 24.1. The van der Waals surface area contributed by atoms with E-state index < -0.39 is 0 Å². The highest BCUT2D eigenvalue weighted by atomic mass is 79.9. The van der Waals surface area contributed by atoms with Crippen molar-refractivity contribution in [2.45, 2.75) is 44.3 Å². The molecule has 0 spiro atoms. The monoisotopic (exact) mass is 376 g/mol. The van der Waals surface area contributed by atoms with Crippen molar-refractivity contribution in [3.05, 3.63) is 21.0 Å². The Morgan fingerprint density at radius 3 is 2.72 bits per heavy atom. The van der Waals surface area contributed by atoms with Crippen LogP contribution in [0.15, 0.2) is 19.6 Å². The molecule has 2 aliphatic rings. The molecule has 1 aromatic rings. The smallest absolute Gasteiger partial charge is 0.183 e. The molecule has 2 heterocycles. The number of hydrogen-bond acceptors (Lipinski definition) is 3. The Kier molecular flexibility index (Phi) is 4.13. The fraction of sp³-hybridized carbons (Fsp3) is 0.692. The molecule has 0 amide bonds. The van der Waals surface area contributed by atoms with E-state index in [9.17, 15) is 0 Å². The molecule has 1 unspecified atom stereocenters. The van der Waals surface area contributed by atoms with Gasteiger partial charge < -0.3 is 9.73 Å². The first-order valence-corrected chi connectivity index (χ1v) is 8.22. The Balaban J connectivity index is 1.62. The lowest BCUT2D eigenvalue weighted by atomic mass is 10.2. The summed E-state index contributed by atoms with van der Waals surface area (Å²) in [5.41, 5.74) is 0. The van der Waals surface area contributed by atoms with Gasteiger partial charge in [0.1, 0.15) is 5.76 Å². The maximum Gasteiger partial charge on any atom is 0.183 e. The molecule has 1 aromatic heterocycles. The van der Waals surface area contributed by atoms with Gasteiger partial charge in [0.2, 0.25) is 0 Å². The van der Waals surface area contributed by atoms with E-state index in [-0.39, 0.29) is 0 Å². The predicted octanol–water partition coefficient (Wildman–Crippen LogP) is 3.52. The van der Waals surface area contributed by atoms with E-state index in [1.807, 2.05) is 0 Å². The quantitative estimate of drug-likeness (QED) is 0.850. The van der Waals surface area contributed by atoms with Crippen molar-refractivity contribution in [2.24, 2.45) is 0 Å². The van der Waals surface area contributed by atoms with Crippen LogP contribution < -0.4 is 5.32 Å². The van der Waals surface area contributed by atoms with Gasteiger partial charge in [0, 0.05) is 18.6 Å². The zero-order valence-corrected chi connectivity index (χ0v) is 13.5. The fourth-order valence-electron chi connectivity index (χ4n) is 2.65. The van der Waals surface area contributed by atoms with E-state index in [1.54, 1.807) is 0 Å². The van der Waals surface area contributed by atoms with E-state index in [4.69, 9.17) is 4.42 Å². The second-order valence-corrected chi connectivity index (χ2v) is 6.86. The summed E-state index contributed by atoms with van der Waals surface area (Å²) in [4.78, 5) is 2.57. The minimum absolute atomic E-state index is 0.674. The maximum absolute atomic E-state index is 5.69. The van der Waals surface area contributed by atoms with Crippen molar-refractivity contribution in [2.75, 3.05) is 13.1 Å². The van der Waals surface area contributed by atoms with Crippen molar-refractivity contribution in [1.29, 1.82) is 0 Å². The minimum atomic E-state index is 0.674. The van der Waals surface area contributed by atoms with Crippen LogP contribution in [0.5, 0.6) is 0 Å². The van der Waals surface area contributed by atoms with Crippen LogP contribution in [0.2, 0.25) is 0 Å². The molecule has 2 fully saturated rings. The Morgan fingerprint density at radius 2 is 2.17 bits per heavy atom. The number of nitrogens with one attached hydrogen (secondary N) is 1. The highest BCUT2D eigenvalue weighted by molar-refractivity contribution is 9.13. The van der Waals surface area contributed by atoms with Crippen molar-refractivity contribution >= 4 is 31.9 Å². The van der Waals surface area contributed by atoms with Crippen LogP contribution in [0.4, 0.5) is 0 Å². The summed E-state index contributed by atoms with van der Waals surface area (Å²) in [6, 6.07) is 3.52. The highest BCUT2D eigenvalue weighted by Gasteiger charge is 2.31. The van der Waals surface area contributed by atoms with Crippen LogP contribution in [-0.4, -0.2) is 30.1 Å². The van der Waals surface area contributed by atoms with Crippen molar-refractivity contribution in [3.8, 4) is 0 Å². The zero-order chi connectivity index (χ0) is 12.5. The molecule has 1 aliphatic heterocycles. The topological polar surface area (TPSA) is 28.4 Å². The van der Waals surface area contributed by atoms with Crippen molar-refractivity contribution < 1.29 is 4.42 Å². The Bertz CT molecular complexity index is 392. The summed E-state index contributed by atoms with van der Waals surface area (Å²) < 4.78 is 7.50. The first-order valence-electron chi connectivity index (χ1n) is 6.63. The lowest BCUT2D eigenvalue weighted by Gasteiger charge is -2.24. The first kappa shape index (κ1) is 13.2. The first-order chi connectivity index (χ1) is 8.72. The van der Waals surface area contributed by atoms with Crippen LogP contribution in [0.25, 0.3) is 0 Å². The van der Waals surface area contributed by atoms with Crippen LogP contribution in [-0.2, 0) is 6.54 Å². The largest absolute Gasteiger partial charge is 0.452 e. The summed E-state index contributed by atoms with van der Waals surface area (Å²) >= 11 is 6.88. The number of hydrogen-bond donors (Lipinski definition) is 1. The molecule has 0 radical (unpaired) electrons. The molecule has 18 heavy (non-hydrogen) atoms. The number of nitrogens with zero attached hydrogens (tertiary/aromatic N) is 1. The average Bonchev–Trinajstić information content (AvgIpc) is 2.98. The molecule has 5 heteroatoms. The van der Waals surface area contributed by atoms with Gasteiger partial charge in [-0.2, -0.15) is 0 Å². The second-order valence-electron chi connectivity index (χ2n) is 5.29. The Morgan fingerprint density at radius 1 is 1.33 bits per heavy atom. The molecule has 3 rings (SSSR count). The van der Waals surface area contributed by atoms with Gasteiger partial charge in [0.25, 0.3) is 0 Å². The predicted molar refractivity (Wildman–Crippen MR) is 78.6 cm³/mol. The molecule has 1 N–H and O–H groups in total. The number of furan rings is 1.